The number of aromatic nitrogens is 4. The number of rotatable bonds is 6. The van der Waals surface area contributed by atoms with Crippen molar-refractivity contribution in [2.45, 2.75) is 57.5 Å². The molecule has 3 heterocycles. The highest BCUT2D eigenvalue weighted by atomic mass is 16.2. The molecule has 3 aliphatic rings. The van der Waals surface area contributed by atoms with Crippen LogP contribution in [0.2, 0.25) is 0 Å². The van der Waals surface area contributed by atoms with Crippen LogP contribution in [0.1, 0.15) is 62.0 Å². The lowest BCUT2D eigenvalue weighted by Gasteiger charge is -2.41. The van der Waals surface area contributed by atoms with Crippen LogP contribution in [-0.2, 0) is 0 Å². The van der Waals surface area contributed by atoms with Gasteiger partial charge in [0.1, 0.15) is 0 Å². The van der Waals surface area contributed by atoms with E-state index in [1.807, 2.05) is 12.3 Å². The Balaban J connectivity index is 1.11. The molecule has 0 bridgehead atoms. The summed E-state index contributed by atoms with van der Waals surface area (Å²) in [5.41, 5.74) is 3.54. The predicted octanol–water partition coefficient (Wildman–Crippen LogP) is 4.00. The Morgan fingerprint density at radius 3 is 2.69 bits per heavy atom. The summed E-state index contributed by atoms with van der Waals surface area (Å²) >= 11 is 0. The molecule has 0 radical (unpaired) electrons. The maximum Gasteiger partial charge on any atom is 0.272 e. The third kappa shape index (κ3) is 3.94. The average Bonchev–Trinajstić information content (AvgIpc) is 3.35. The van der Waals surface area contributed by atoms with E-state index < -0.39 is 0 Å². The van der Waals surface area contributed by atoms with Gasteiger partial charge < -0.3 is 10.2 Å². The number of H-pyrrole nitrogens is 1. The monoisotopic (exact) mass is 432 g/mol. The van der Waals surface area contributed by atoms with Gasteiger partial charge in [-0.2, -0.15) is 10.2 Å². The van der Waals surface area contributed by atoms with E-state index in [9.17, 15) is 4.79 Å². The molecule has 7 heteroatoms. The summed E-state index contributed by atoms with van der Waals surface area (Å²) in [7, 11) is 0. The third-order valence-corrected chi connectivity index (χ3v) is 7.47. The molecule has 168 valence electrons. The van der Waals surface area contributed by atoms with E-state index >= 15 is 0 Å². The predicted molar refractivity (Wildman–Crippen MR) is 124 cm³/mol. The van der Waals surface area contributed by atoms with E-state index in [0.717, 1.165) is 46.7 Å². The summed E-state index contributed by atoms with van der Waals surface area (Å²) in [4.78, 5) is 15.6. The highest BCUT2D eigenvalue weighted by Crippen LogP contribution is 2.35. The van der Waals surface area contributed by atoms with Crippen molar-refractivity contribution in [3.63, 3.8) is 0 Å². The van der Waals surface area contributed by atoms with Gasteiger partial charge in [-0.1, -0.05) is 13.0 Å². The number of hydrogen-bond donors (Lipinski definition) is 2. The van der Waals surface area contributed by atoms with E-state index in [2.05, 4.69) is 55.4 Å². The molecule has 1 aromatic carbocycles. The molecule has 1 saturated heterocycles. The molecule has 0 atom stereocenters. The van der Waals surface area contributed by atoms with Gasteiger partial charge >= 0.3 is 0 Å². The van der Waals surface area contributed by atoms with Gasteiger partial charge in [-0.05, 0) is 68.1 Å². The maximum atomic E-state index is 13.1. The molecule has 7 nitrogen and oxygen atoms in total. The van der Waals surface area contributed by atoms with Crippen LogP contribution in [0.4, 0.5) is 0 Å². The van der Waals surface area contributed by atoms with Crippen molar-refractivity contribution in [3.8, 4) is 11.1 Å². The lowest BCUT2D eigenvalue weighted by atomic mass is 9.84. The van der Waals surface area contributed by atoms with Gasteiger partial charge in [-0.3, -0.25) is 14.6 Å². The Morgan fingerprint density at radius 1 is 1.12 bits per heavy atom. The van der Waals surface area contributed by atoms with Crippen LogP contribution in [0, 0.1) is 11.8 Å². The SMILES string of the molecule is CC1CN(CC2CCC(NC(=O)c3n[nH]c4ccc(-c5cnn(C6CC6)c5)cc34)CC2)C1. The van der Waals surface area contributed by atoms with Gasteiger partial charge in [-0.25, -0.2) is 0 Å². The Kier molecular flexibility index (Phi) is 5.01. The first-order valence-corrected chi connectivity index (χ1v) is 12.2. The van der Waals surface area contributed by atoms with Crippen LogP contribution in [0.5, 0.6) is 0 Å². The lowest BCUT2D eigenvalue weighted by molar-refractivity contribution is 0.0772. The van der Waals surface area contributed by atoms with Crippen LogP contribution in [-0.4, -0.2) is 56.5 Å². The second-order valence-corrected chi connectivity index (χ2v) is 10.3. The molecule has 0 unspecified atom stereocenters. The number of likely N-dealkylation sites (tertiary alicyclic amines) is 1. The Labute approximate surface area is 188 Å². The molecule has 6 rings (SSSR count). The molecule has 2 saturated carbocycles. The first-order chi connectivity index (χ1) is 15.6. The number of benzene rings is 1. The fraction of sp³-hybridized carbons (Fsp3) is 0.560. The highest BCUT2D eigenvalue weighted by molar-refractivity contribution is 6.05. The summed E-state index contributed by atoms with van der Waals surface area (Å²) in [6, 6.07) is 6.95. The highest BCUT2D eigenvalue weighted by Gasteiger charge is 2.29. The molecule has 0 spiro atoms. The molecule has 2 aliphatic carbocycles. The Bertz CT molecular complexity index is 1110. The zero-order valence-corrected chi connectivity index (χ0v) is 18.8. The summed E-state index contributed by atoms with van der Waals surface area (Å²) in [6.45, 7) is 6.07. The fourth-order valence-corrected chi connectivity index (χ4v) is 5.48. The zero-order chi connectivity index (χ0) is 21.7. The second kappa shape index (κ2) is 8.03. The number of nitrogens with one attached hydrogen (secondary N) is 2. The minimum absolute atomic E-state index is 0.0675. The van der Waals surface area contributed by atoms with E-state index in [0.29, 0.717) is 11.7 Å². The average molecular weight is 433 g/mol. The fourth-order valence-electron chi connectivity index (χ4n) is 5.48. The third-order valence-electron chi connectivity index (χ3n) is 7.47. The molecular formula is C25H32N6O. The van der Waals surface area contributed by atoms with Crippen LogP contribution < -0.4 is 5.32 Å². The number of amides is 1. The van der Waals surface area contributed by atoms with Crippen LogP contribution in [0.15, 0.2) is 30.6 Å². The van der Waals surface area contributed by atoms with Crippen molar-refractivity contribution >= 4 is 16.8 Å². The maximum absolute atomic E-state index is 13.1. The van der Waals surface area contributed by atoms with Gasteiger partial charge in [-0.15, -0.1) is 0 Å². The summed E-state index contributed by atoms with van der Waals surface area (Å²) in [5.74, 6) is 1.58. The largest absolute Gasteiger partial charge is 0.348 e. The normalized spacial score (nSPS) is 24.5. The van der Waals surface area contributed by atoms with Crippen molar-refractivity contribution in [3.05, 3.63) is 36.3 Å². The van der Waals surface area contributed by atoms with E-state index in [1.165, 1.54) is 45.3 Å². The van der Waals surface area contributed by atoms with Gasteiger partial charge in [0.05, 0.1) is 17.8 Å². The summed E-state index contributed by atoms with van der Waals surface area (Å²) in [5, 5.41) is 16.0. The summed E-state index contributed by atoms with van der Waals surface area (Å²) < 4.78 is 2.06. The quantitative estimate of drug-likeness (QED) is 0.617. The second-order valence-electron chi connectivity index (χ2n) is 10.3. The lowest BCUT2D eigenvalue weighted by Crippen LogP contribution is -2.48. The van der Waals surface area contributed by atoms with Crippen molar-refractivity contribution in [2.75, 3.05) is 19.6 Å². The Morgan fingerprint density at radius 2 is 1.94 bits per heavy atom. The van der Waals surface area contributed by atoms with Crippen LogP contribution in [0.3, 0.4) is 0 Å². The number of fused-ring (bicyclic) bond motifs is 1. The van der Waals surface area contributed by atoms with Crippen molar-refractivity contribution in [1.82, 2.24) is 30.2 Å². The minimum atomic E-state index is -0.0675. The number of nitrogens with zero attached hydrogens (tertiary/aromatic N) is 4. The van der Waals surface area contributed by atoms with Crippen molar-refractivity contribution < 1.29 is 4.79 Å². The van der Waals surface area contributed by atoms with Crippen molar-refractivity contribution in [1.29, 1.82) is 0 Å². The van der Waals surface area contributed by atoms with E-state index in [-0.39, 0.29) is 11.9 Å². The minimum Gasteiger partial charge on any atom is -0.348 e. The molecule has 3 fully saturated rings. The molecule has 32 heavy (non-hydrogen) atoms. The van der Waals surface area contributed by atoms with Crippen molar-refractivity contribution in [2.24, 2.45) is 11.8 Å². The molecular weight excluding hydrogens is 400 g/mol. The van der Waals surface area contributed by atoms with Crippen LogP contribution >= 0.6 is 0 Å². The first kappa shape index (κ1) is 20.0. The standard InChI is InChI=1S/C25H32N6O/c1-16-12-30(13-16)14-17-2-5-20(6-3-17)27-25(32)24-22-10-18(4-9-23(22)28-29-24)19-11-26-31(15-19)21-7-8-21/h4,9-11,15-17,20-21H,2-3,5-8,12-14H2,1H3,(H,27,32)(H,28,29). The summed E-state index contributed by atoms with van der Waals surface area (Å²) in [6.07, 6.45) is 11.0. The number of carbonyl (C=O) groups is 1. The smallest absolute Gasteiger partial charge is 0.272 e. The van der Waals surface area contributed by atoms with Gasteiger partial charge in [0.15, 0.2) is 5.69 Å². The number of hydrogen-bond acceptors (Lipinski definition) is 4. The molecule has 2 N–H and O–H groups in total. The van der Waals surface area contributed by atoms with Gasteiger partial charge in [0.2, 0.25) is 0 Å². The number of carbonyl (C=O) groups excluding carboxylic acids is 1. The Hall–Kier alpha value is -2.67. The molecule has 2 aromatic heterocycles. The van der Waals surface area contributed by atoms with E-state index in [4.69, 9.17) is 0 Å². The molecule has 1 amide bonds. The van der Waals surface area contributed by atoms with E-state index in [1.54, 1.807) is 0 Å². The topological polar surface area (TPSA) is 78.8 Å². The first-order valence-electron chi connectivity index (χ1n) is 12.2. The zero-order valence-electron chi connectivity index (χ0n) is 18.8. The van der Waals surface area contributed by atoms with Crippen LogP contribution in [0.25, 0.3) is 22.0 Å². The number of aromatic amines is 1. The van der Waals surface area contributed by atoms with Gasteiger partial charge in [0.25, 0.3) is 5.91 Å². The van der Waals surface area contributed by atoms with Gasteiger partial charge in [0, 0.05) is 42.8 Å². The molecule has 1 aliphatic heterocycles. The molecule has 3 aromatic rings.